The normalized spacial score (nSPS) is 20.3. The van der Waals surface area contributed by atoms with E-state index in [0.717, 1.165) is 17.3 Å². The molecule has 1 unspecified atom stereocenters. The fourth-order valence-electron chi connectivity index (χ4n) is 1.96. The summed E-state index contributed by atoms with van der Waals surface area (Å²) in [6, 6.07) is 0.280. The molecule has 0 aromatic carbocycles. The van der Waals surface area contributed by atoms with Gasteiger partial charge in [-0.2, -0.15) is 0 Å². The molecule has 0 radical (unpaired) electrons. The zero-order chi connectivity index (χ0) is 12.2. The predicted octanol–water partition coefficient (Wildman–Crippen LogP) is 2.52. The molecular formula is C12H22INO2. The molecule has 1 rings (SSSR count). The zero-order valence-electron chi connectivity index (χ0n) is 10.4. The van der Waals surface area contributed by atoms with Gasteiger partial charge in [-0.05, 0) is 25.2 Å². The lowest BCUT2D eigenvalue weighted by molar-refractivity contribution is -0.135. The lowest BCUT2D eigenvalue weighted by Gasteiger charge is -2.40. The van der Waals surface area contributed by atoms with E-state index < -0.39 is 0 Å². The highest BCUT2D eigenvalue weighted by Gasteiger charge is 2.39. The van der Waals surface area contributed by atoms with Crippen molar-refractivity contribution in [1.29, 1.82) is 0 Å². The van der Waals surface area contributed by atoms with Crippen molar-refractivity contribution in [1.82, 2.24) is 5.32 Å². The molecule has 0 saturated heterocycles. The van der Waals surface area contributed by atoms with E-state index in [-0.39, 0.29) is 17.6 Å². The van der Waals surface area contributed by atoms with Crippen molar-refractivity contribution in [3.8, 4) is 0 Å². The summed E-state index contributed by atoms with van der Waals surface area (Å²) in [5, 5.41) is 3.10. The number of ether oxygens (including phenoxy) is 1. The molecule has 1 aliphatic rings. The maximum absolute atomic E-state index is 11.9. The molecule has 0 aromatic rings. The highest BCUT2D eigenvalue weighted by molar-refractivity contribution is 14.1. The van der Waals surface area contributed by atoms with E-state index in [9.17, 15) is 4.79 Å². The Labute approximate surface area is 112 Å². The quantitative estimate of drug-likeness (QED) is 0.597. The van der Waals surface area contributed by atoms with Crippen molar-refractivity contribution in [3.05, 3.63) is 0 Å². The van der Waals surface area contributed by atoms with Crippen molar-refractivity contribution < 1.29 is 9.53 Å². The van der Waals surface area contributed by atoms with Gasteiger partial charge in [0.25, 0.3) is 0 Å². The minimum absolute atomic E-state index is 0.136. The van der Waals surface area contributed by atoms with E-state index in [1.54, 1.807) is 7.11 Å². The van der Waals surface area contributed by atoms with E-state index in [4.69, 9.17) is 4.74 Å². The number of halogens is 1. The van der Waals surface area contributed by atoms with E-state index in [1.165, 1.54) is 6.42 Å². The van der Waals surface area contributed by atoms with E-state index in [0.29, 0.717) is 12.3 Å². The molecule has 1 N–H and O–H groups in total. The molecule has 94 valence electrons. The van der Waals surface area contributed by atoms with Gasteiger partial charge in [-0.1, -0.05) is 36.4 Å². The number of hydrogen-bond acceptors (Lipinski definition) is 2. The first-order valence-electron chi connectivity index (χ1n) is 5.93. The van der Waals surface area contributed by atoms with Crippen LogP contribution in [0.5, 0.6) is 0 Å². The number of alkyl halides is 1. The fraction of sp³-hybridized carbons (Fsp3) is 0.917. The average molecular weight is 339 g/mol. The minimum atomic E-state index is -0.156. The summed E-state index contributed by atoms with van der Waals surface area (Å²) in [7, 11) is 1.71. The Hall–Kier alpha value is 0.160. The molecule has 0 aliphatic heterocycles. The van der Waals surface area contributed by atoms with Crippen LogP contribution in [-0.4, -0.2) is 29.1 Å². The van der Waals surface area contributed by atoms with Gasteiger partial charge in [-0.15, -0.1) is 0 Å². The van der Waals surface area contributed by atoms with Crippen LogP contribution in [0.25, 0.3) is 0 Å². The van der Waals surface area contributed by atoms with Crippen molar-refractivity contribution in [3.63, 3.8) is 0 Å². The topological polar surface area (TPSA) is 38.3 Å². The lowest BCUT2D eigenvalue weighted by Crippen LogP contribution is -2.47. The van der Waals surface area contributed by atoms with Gasteiger partial charge < -0.3 is 10.1 Å². The molecule has 0 heterocycles. The maximum Gasteiger partial charge on any atom is 0.223 e. The minimum Gasteiger partial charge on any atom is -0.378 e. The molecule has 0 spiro atoms. The average Bonchev–Trinajstić information content (AvgIpc) is 2.19. The first-order chi connectivity index (χ1) is 7.53. The monoisotopic (exact) mass is 339 g/mol. The van der Waals surface area contributed by atoms with Crippen molar-refractivity contribution in [2.75, 3.05) is 11.5 Å². The Morgan fingerprint density at radius 3 is 2.44 bits per heavy atom. The lowest BCUT2D eigenvalue weighted by atomic mass is 9.77. The third-order valence-electron chi connectivity index (χ3n) is 3.50. The molecule has 1 saturated carbocycles. The SMILES string of the molecule is COC1(CC(=O)NC(CI)C(C)C)CCC1. The Kier molecular flexibility index (Phi) is 5.50. The number of hydrogen-bond donors (Lipinski definition) is 1. The summed E-state index contributed by atoms with van der Waals surface area (Å²) in [4.78, 5) is 11.9. The van der Waals surface area contributed by atoms with Gasteiger partial charge in [0.15, 0.2) is 0 Å². The summed E-state index contributed by atoms with van der Waals surface area (Å²) in [6.45, 7) is 4.28. The van der Waals surface area contributed by atoms with Crippen LogP contribution in [0.1, 0.15) is 39.5 Å². The molecular weight excluding hydrogens is 317 g/mol. The Bertz CT molecular complexity index is 234. The summed E-state index contributed by atoms with van der Waals surface area (Å²) < 4.78 is 6.42. The molecule has 1 fully saturated rings. The number of amides is 1. The van der Waals surface area contributed by atoms with Crippen LogP contribution in [0.3, 0.4) is 0 Å². The molecule has 1 atom stereocenters. The van der Waals surface area contributed by atoms with Crippen LogP contribution >= 0.6 is 22.6 Å². The number of carbonyl (C=O) groups excluding carboxylic acids is 1. The number of nitrogens with one attached hydrogen (secondary N) is 1. The fourth-order valence-corrected chi connectivity index (χ4v) is 3.20. The standard InChI is InChI=1S/C12H22INO2/c1-9(2)10(8-13)14-11(15)7-12(16-3)5-4-6-12/h9-10H,4-8H2,1-3H3,(H,14,15). The third kappa shape index (κ3) is 3.58. The summed E-state index contributed by atoms with van der Waals surface area (Å²) in [5.41, 5.74) is -0.156. The third-order valence-corrected chi connectivity index (χ3v) is 4.45. The Morgan fingerprint density at radius 1 is 1.50 bits per heavy atom. The van der Waals surface area contributed by atoms with Gasteiger partial charge in [0.05, 0.1) is 12.0 Å². The summed E-state index contributed by atoms with van der Waals surface area (Å²) >= 11 is 2.32. The second-order valence-electron chi connectivity index (χ2n) is 4.99. The first kappa shape index (κ1) is 14.2. The van der Waals surface area contributed by atoms with Crippen LogP contribution in [0.15, 0.2) is 0 Å². The molecule has 0 aromatic heterocycles. The van der Waals surface area contributed by atoms with E-state index in [2.05, 4.69) is 41.8 Å². The van der Waals surface area contributed by atoms with Gasteiger partial charge in [0, 0.05) is 17.6 Å². The van der Waals surface area contributed by atoms with E-state index >= 15 is 0 Å². The molecule has 3 nitrogen and oxygen atoms in total. The van der Waals surface area contributed by atoms with Gasteiger partial charge in [-0.3, -0.25) is 4.79 Å². The van der Waals surface area contributed by atoms with E-state index in [1.807, 2.05) is 0 Å². The number of carbonyl (C=O) groups is 1. The van der Waals surface area contributed by atoms with Crippen LogP contribution in [0, 0.1) is 5.92 Å². The summed E-state index contributed by atoms with van der Waals surface area (Å²) in [6.07, 6.45) is 3.74. The van der Waals surface area contributed by atoms with Gasteiger partial charge in [-0.25, -0.2) is 0 Å². The predicted molar refractivity (Wildman–Crippen MR) is 73.9 cm³/mol. The Balaban J connectivity index is 2.40. The summed E-state index contributed by atoms with van der Waals surface area (Å²) in [5.74, 6) is 0.623. The molecule has 1 aliphatic carbocycles. The van der Waals surface area contributed by atoms with Gasteiger partial charge in [0.1, 0.15) is 0 Å². The smallest absolute Gasteiger partial charge is 0.223 e. The van der Waals surface area contributed by atoms with Gasteiger partial charge >= 0.3 is 0 Å². The maximum atomic E-state index is 11.9. The van der Waals surface area contributed by atoms with Gasteiger partial charge in [0.2, 0.25) is 5.91 Å². The number of methoxy groups -OCH3 is 1. The molecule has 4 heteroatoms. The second-order valence-corrected chi connectivity index (χ2v) is 5.87. The van der Waals surface area contributed by atoms with Crippen LogP contribution in [-0.2, 0) is 9.53 Å². The van der Waals surface area contributed by atoms with Crippen molar-refractivity contribution in [2.45, 2.75) is 51.2 Å². The first-order valence-corrected chi connectivity index (χ1v) is 7.46. The Morgan fingerprint density at radius 2 is 2.12 bits per heavy atom. The van der Waals surface area contributed by atoms with Crippen molar-refractivity contribution >= 4 is 28.5 Å². The van der Waals surface area contributed by atoms with Crippen LogP contribution in [0.4, 0.5) is 0 Å². The van der Waals surface area contributed by atoms with Crippen molar-refractivity contribution in [2.24, 2.45) is 5.92 Å². The highest BCUT2D eigenvalue weighted by Crippen LogP contribution is 2.37. The van der Waals surface area contributed by atoms with Crippen LogP contribution in [0.2, 0.25) is 0 Å². The molecule has 0 bridgehead atoms. The second kappa shape index (κ2) is 6.19. The number of rotatable bonds is 6. The zero-order valence-corrected chi connectivity index (χ0v) is 12.5. The largest absolute Gasteiger partial charge is 0.378 e. The molecule has 1 amide bonds. The van der Waals surface area contributed by atoms with Crippen LogP contribution < -0.4 is 5.32 Å². The molecule has 16 heavy (non-hydrogen) atoms. The highest BCUT2D eigenvalue weighted by atomic mass is 127.